The molecule has 0 aliphatic carbocycles. The first-order valence-corrected chi connectivity index (χ1v) is 5.00. The number of amides is 1. The average Bonchev–Trinajstić information content (AvgIpc) is 2.30. The number of aryl methyl sites for hydroxylation is 1. The summed E-state index contributed by atoms with van der Waals surface area (Å²) < 4.78 is 4.49. The molecule has 4 nitrogen and oxygen atoms in total. The van der Waals surface area contributed by atoms with Crippen LogP contribution in [0.3, 0.4) is 0 Å². The molecule has 1 atom stereocenters. The summed E-state index contributed by atoms with van der Waals surface area (Å²) in [6.45, 7) is 3.47. The van der Waals surface area contributed by atoms with Crippen molar-refractivity contribution >= 4 is 17.6 Å². The van der Waals surface area contributed by atoms with Crippen LogP contribution in [0.15, 0.2) is 24.3 Å². The monoisotopic (exact) mass is 221 g/mol. The van der Waals surface area contributed by atoms with E-state index in [9.17, 15) is 9.59 Å². The molecule has 1 aromatic rings. The maximum absolute atomic E-state index is 11.6. The predicted octanol–water partition coefficient (Wildman–Crippen LogP) is 1.74. The molecule has 1 aromatic carbocycles. The molecule has 0 heterocycles. The number of benzene rings is 1. The zero-order valence-electron chi connectivity index (χ0n) is 9.61. The number of methoxy groups -OCH3 is 1. The number of rotatable bonds is 3. The Labute approximate surface area is 94.6 Å². The summed E-state index contributed by atoms with van der Waals surface area (Å²) in [5.41, 5.74) is 1.78. The van der Waals surface area contributed by atoms with Crippen molar-refractivity contribution in [3.63, 3.8) is 0 Å². The molecule has 0 saturated heterocycles. The van der Waals surface area contributed by atoms with Crippen LogP contribution in [-0.4, -0.2) is 19.0 Å². The van der Waals surface area contributed by atoms with E-state index in [1.807, 2.05) is 19.1 Å². The van der Waals surface area contributed by atoms with Gasteiger partial charge in [-0.15, -0.1) is 0 Å². The topological polar surface area (TPSA) is 55.4 Å². The van der Waals surface area contributed by atoms with Crippen molar-refractivity contribution in [3.8, 4) is 0 Å². The Kier molecular flexibility index (Phi) is 4.05. The largest absolute Gasteiger partial charge is 0.468 e. The summed E-state index contributed by atoms with van der Waals surface area (Å²) in [6.07, 6.45) is 0. The van der Waals surface area contributed by atoms with Gasteiger partial charge in [-0.1, -0.05) is 17.7 Å². The first-order chi connectivity index (χ1) is 7.54. The van der Waals surface area contributed by atoms with Gasteiger partial charge in [-0.25, -0.2) is 0 Å². The molecule has 1 N–H and O–H groups in total. The van der Waals surface area contributed by atoms with Crippen LogP contribution in [0.1, 0.15) is 12.5 Å². The van der Waals surface area contributed by atoms with Gasteiger partial charge in [0.1, 0.15) is 5.92 Å². The molecular formula is C12H15NO3. The van der Waals surface area contributed by atoms with E-state index in [2.05, 4.69) is 10.1 Å². The second kappa shape index (κ2) is 5.30. The van der Waals surface area contributed by atoms with Gasteiger partial charge in [0.15, 0.2) is 0 Å². The highest BCUT2D eigenvalue weighted by Crippen LogP contribution is 2.10. The van der Waals surface area contributed by atoms with Crippen molar-refractivity contribution in [1.29, 1.82) is 0 Å². The maximum Gasteiger partial charge on any atom is 0.317 e. The van der Waals surface area contributed by atoms with E-state index < -0.39 is 11.9 Å². The minimum Gasteiger partial charge on any atom is -0.468 e. The maximum atomic E-state index is 11.6. The van der Waals surface area contributed by atoms with E-state index >= 15 is 0 Å². The minimum atomic E-state index is -0.800. The van der Waals surface area contributed by atoms with Crippen LogP contribution < -0.4 is 5.32 Å². The van der Waals surface area contributed by atoms with Gasteiger partial charge < -0.3 is 10.1 Å². The van der Waals surface area contributed by atoms with E-state index in [0.29, 0.717) is 5.69 Å². The normalized spacial score (nSPS) is 11.7. The molecule has 16 heavy (non-hydrogen) atoms. The van der Waals surface area contributed by atoms with Gasteiger partial charge >= 0.3 is 5.97 Å². The van der Waals surface area contributed by atoms with Gasteiger partial charge in [-0.3, -0.25) is 9.59 Å². The highest BCUT2D eigenvalue weighted by molar-refractivity contribution is 6.04. The van der Waals surface area contributed by atoms with Crippen LogP contribution in [0, 0.1) is 12.8 Å². The Balaban J connectivity index is 2.64. The van der Waals surface area contributed by atoms with Crippen molar-refractivity contribution in [2.24, 2.45) is 5.92 Å². The number of ether oxygens (including phenoxy) is 1. The zero-order valence-corrected chi connectivity index (χ0v) is 9.61. The second-order valence-corrected chi connectivity index (χ2v) is 3.60. The quantitative estimate of drug-likeness (QED) is 0.624. The highest BCUT2D eigenvalue weighted by Gasteiger charge is 2.21. The van der Waals surface area contributed by atoms with Crippen LogP contribution in [-0.2, 0) is 14.3 Å². The molecule has 1 amide bonds. The molecule has 0 bridgehead atoms. The average molecular weight is 221 g/mol. The SMILES string of the molecule is COC(=O)C(C)C(=O)Nc1ccc(C)cc1. The lowest BCUT2D eigenvalue weighted by atomic mass is 10.1. The van der Waals surface area contributed by atoms with Gasteiger partial charge in [0.25, 0.3) is 0 Å². The summed E-state index contributed by atoms with van der Waals surface area (Å²) >= 11 is 0. The molecule has 4 heteroatoms. The predicted molar refractivity (Wildman–Crippen MR) is 61.0 cm³/mol. The first-order valence-electron chi connectivity index (χ1n) is 5.00. The molecule has 0 saturated carbocycles. The third-order valence-corrected chi connectivity index (χ3v) is 2.27. The van der Waals surface area contributed by atoms with E-state index in [-0.39, 0.29) is 5.91 Å². The highest BCUT2D eigenvalue weighted by atomic mass is 16.5. The van der Waals surface area contributed by atoms with Crippen molar-refractivity contribution in [2.75, 3.05) is 12.4 Å². The lowest BCUT2D eigenvalue weighted by molar-refractivity contribution is -0.147. The van der Waals surface area contributed by atoms with Gasteiger partial charge in [0.05, 0.1) is 7.11 Å². The van der Waals surface area contributed by atoms with Gasteiger partial charge in [0.2, 0.25) is 5.91 Å². The van der Waals surface area contributed by atoms with E-state index in [4.69, 9.17) is 0 Å². The van der Waals surface area contributed by atoms with Gasteiger partial charge in [-0.2, -0.15) is 0 Å². The van der Waals surface area contributed by atoms with E-state index in [0.717, 1.165) is 5.56 Å². The molecule has 1 rings (SSSR count). The fraction of sp³-hybridized carbons (Fsp3) is 0.333. The Morgan fingerprint density at radius 1 is 1.25 bits per heavy atom. The van der Waals surface area contributed by atoms with Crippen LogP contribution in [0.5, 0.6) is 0 Å². The van der Waals surface area contributed by atoms with Crippen LogP contribution in [0.2, 0.25) is 0 Å². The molecule has 0 aromatic heterocycles. The minimum absolute atomic E-state index is 0.365. The van der Waals surface area contributed by atoms with Crippen molar-refractivity contribution in [2.45, 2.75) is 13.8 Å². The smallest absolute Gasteiger partial charge is 0.317 e. The van der Waals surface area contributed by atoms with Gasteiger partial charge in [0, 0.05) is 5.69 Å². The third-order valence-electron chi connectivity index (χ3n) is 2.27. The third kappa shape index (κ3) is 3.08. The molecule has 86 valence electrons. The van der Waals surface area contributed by atoms with Crippen LogP contribution in [0.25, 0.3) is 0 Å². The number of esters is 1. The standard InChI is InChI=1S/C12H15NO3/c1-8-4-6-10(7-5-8)13-11(14)9(2)12(15)16-3/h4-7,9H,1-3H3,(H,13,14). The molecule has 0 fully saturated rings. The summed E-state index contributed by atoms with van der Waals surface area (Å²) in [5.74, 6) is -1.70. The number of anilines is 1. The zero-order chi connectivity index (χ0) is 12.1. The molecular weight excluding hydrogens is 206 g/mol. The number of hydrogen-bond donors (Lipinski definition) is 1. The molecule has 0 aliphatic rings. The number of carbonyl (C=O) groups excluding carboxylic acids is 2. The lowest BCUT2D eigenvalue weighted by Gasteiger charge is -2.10. The molecule has 0 spiro atoms. The fourth-order valence-electron chi connectivity index (χ4n) is 1.17. The van der Waals surface area contributed by atoms with Crippen LogP contribution >= 0.6 is 0 Å². The fourth-order valence-corrected chi connectivity index (χ4v) is 1.17. The Bertz CT molecular complexity index is 384. The Morgan fingerprint density at radius 2 is 1.81 bits per heavy atom. The number of nitrogens with one attached hydrogen (secondary N) is 1. The van der Waals surface area contributed by atoms with E-state index in [1.54, 1.807) is 12.1 Å². The second-order valence-electron chi connectivity index (χ2n) is 3.60. The Hall–Kier alpha value is -1.84. The molecule has 0 aliphatic heterocycles. The molecule has 0 radical (unpaired) electrons. The summed E-state index contributed by atoms with van der Waals surface area (Å²) in [7, 11) is 1.26. The van der Waals surface area contributed by atoms with E-state index in [1.165, 1.54) is 14.0 Å². The number of hydrogen-bond acceptors (Lipinski definition) is 3. The van der Waals surface area contributed by atoms with Crippen molar-refractivity contribution < 1.29 is 14.3 Å². The summed E-state index contributed by atoms with van der Waals surface area (Å²) in [5, 5.41) is 2.64. The van der Waals surface area contributed by atoms with Crippen molar-refractivity contribution in [3.05, 3.63) is 29.8 Å². The Morgan fingerprint density at radius 3 is 2.31 bits per heavy atom. The van der Waals surface area contributed by atoms with Crippen LogP contribution in [0.4, 0.5) is 5.69 Å². The molecule has 1 unspecified atom stereocenters. The van der Waals surface area contributed by atoms with Crippen molar-refractivity contribution in [1.82, 2.24) is 0 Å². The first kappa shape index (κ1) is 12.2. The lowest BCUT2D eigenvalue weighted by Crippen LogP contribution is -2.28. The summed E-state index contributed by atoms with van der Waals surface area (Å²) in [4.78, 5) is 22.7. The summed E-state index contributed by atoms with van der Waals surface area (Å²) in [6, 6.07) is 7.35. The van der Waals surface area contributed by atoms with Gasteiger partial charge in [-0.05, 0) is 26.0 Å². The number of carbonyl (C=O) groups is 2.